The van der Waals surface area contributed by atoms with Crippen molar-refractivity contribution in [2.75, 3.05) is 6.61 Å². The van der Waals surface area contributed by atoms with Crippen molar-refractivity contribution in [3.63, 3.8) is 0 Å². The van der Waals surface area contributed by atoms with E-state index in [0.29, 0.717) is 12.8 Å². The second-order valence-electron chi connectivity index (χ2n) is 3.18. The van der Waals surface area contributed by atoms with Crippen LogP contribution in [0.1, 0.15) is 33.1 Å². The van der Waals surface area contributed by atoms with E-state index in [4.69, 9.17) is 5.11 Å². The quantitative estimate of drug-likeness (QED) is 0.553. The van der Waals surface area contributed by atoms with Crippen LogP contribution in [0, 0.1) is 5.92 Å². The second-order valence-corrected chi connectivity index (χ2v) is 3.18. The third-order valence-electron chi connectivity index (χ3n) is 2.20. The first-order valence-electron chi connectivity index (χ1n) is 4.64. The van der Waals surface area contributed by atoms with Crippen LogP contribution in [0.25, 0.3) is 0 Å². The number of hydrogen-bond acceptors (Lipinski definition) is 3. The summed E-state index contributed by atoms with van der Waals surface area (Å²) in [5.41, 5.74) is 0. The number of aliphatic hydroxyl groups excluding tert-OH is 3. The highest BCUT2D eigenvalue weighted by atomic mass is 16.3. The minimum Gasteiger partial charge on any atom is -0.396 e. The van der Waals surface area contributed by atoms with Gasteiger partial charge < -0.3 is 15.3 Å². The van der Waals surface area contributed by atoms with Crippen molar-refractivity contribution in [2.45, 2.75) is 45.3 Å². The fraction of sp³-hybridized carbons (Fsp3) is 1.00. The highest BCUT2D eigenvalue weighted by Crippen LogP contribution is 2.15. The molecule has 0 heterocycles. The molecule has 0 spiro atoms. The van der Waals surface area contributed by atoms with E-state index in [1.54, 1.807) is 0 Å². The Labute approximate surface area is 74.0 Å². The van der Waals surface area contributed by atoms with Crippen LogP contribution < -0.4 is 0 Å². The summed E-state index contributed by atoms with van der Waals surface area (Å²) in [6.07, 6.45) is 0.925. The van der Waals surface area contributed by atoms with E-state index in [-0.39, 0.29) is 12.5 Å². The topological polar surface area (TPSA) is 60.7 Å². The Morgan fingerprint density at radius 2 is 1.67 bits per heavy atom. The van der Waals surface area contributed by atoms with Crippen molar-refractivity contribution >= 4 is 0 Å². The molecule has 74 valence electrons. The molecule has 0 saturated heterocycles. The standard InChI is InChI=1S/C9H20O3/c1-3-5-9(12)7(6-10)8(11)4-2/h7-12H,3-6H2,1-2H3. The van der Waals surface area contributed by atoms with E-state index < -0.39 is 12.2 Å². The lowest BCUT2D eigenvalue weighted by Crippen LogP contribution is -2.34. The van der Waals surface area contributed by atoms with Crippen LogP contribution in [0.4, 0.5) is 0 Å². The normalized spacial score (nSPS) is 18.8. The fourth-order valence-corrected chi connectivity index (χ4v) is 1.31. The molecule has 0 bridgehead atoms. The number of rotatable bonds is 6. The van der Waals surface area contributed by atoms with Crippen molar-refractivity contribution in [3.8, 4) is 0 Å². The molecule has 0 aromatic heterocycles. The van der Waals surface area contributed by atoms with E-state index >= 15 is 0 Å². The van der Waals surface area contributed by atoms with Gasteiger partial charge in [-0.15, -0.1) is 0 Å². The van der Waals surface area contributed by atoms with E-state index in [1.165, 1.54) is 0 Å². The molecule has 3 atom stereocenters. The van der Waals surface area contributed by atoms with Crippen LogP contribution in [0.2, 0.25) is 0 Å². The molecule has 3 nitrogen and oxygen atoms in total. The molecule has 0 aromatic carbocycles. The highest BCUT2D eigenvalue weighted by molar-refractivity contribution is 4.74. The van der Waals surface area contributed by atoms with Gasteiger partial charge in [0, 0.05) is 5.92 Å². The van der Waals surface area contributed by atoms with Crippen LogP contribution in [-0.4, -0.2) is 34.1 Å². The lowest BCUT2D eigenvalue weighted by Gasteiger charge is -2.24. The molecule has 0 aliphatic carbocycles. The highest BCUT2D eigenvalue weighted by Gasteiger charge is 2.23. The van der Waals surface area contributed by atoms with Gasteiger partial charge in [0.25, 0.3) is 0 Å². The van der Waals surface area contributed by atoms with Crippen LogP contribution in [0.5, 0.6) is 0 Å². The van der Waals surface area contributed by atoms with Gasteiger partial charge in [0.05, 0.1) is 18.8 Å². The van der Waals surface area contributed by atoms with E-state index in [9.17, 15) is 10.2 Å². The molecule has 0 radical (unpaired) electrons. The Morgan fingerprint density at radius 1 is 1.08 bits per heavy atom. The van der Waals surface area contributed by atoms with Crippen molar-refractivity contribution in [2.24, 2.45) is 5.92 Å². The van der Waals surface area contributed by atoms with Gasteiger partial charge in [-0.25, -0.2) is 0 Å². The summed E-state index contributed by atoms with van der Waals surface area (Å²) in [5.74, 6) is -0.380. The molecule has 12 heavy (non-hydrogen) atoms. The molecule has 0 fully saturated rings. The predicted molar refractivity (Wildman–Crippen MR) is 47.8 cm³/mol. The minimum atomic E-state index is -0.587. The molecule has 3 heteroatoms. The lowest BCUT2D eigenvalue weighted by atomic mass is 9.92. The summed E-state index contributed by atoms with van der Waals surface area (Å²) in [4.78, 5) is 0. The van der Waals surface area contributed by atoms with Gasteiger partial charge in [-0.1, -0.05) is 20.3 Å². The largest absolute Gasteiger partial charge is 0.396 e. The summed E-state index contributed by atoms with van der Waals surface area (Å²) in [5, 5.41) is 27.8. The maximum atomic E-state index is 9.49. The van der Waals surface area contributed by atoms with Crippen molar-refractivity contribution in [1.82, 2.24) is 0 Å². The first-order chi connectivity index (χ1) is 5.67. The number of hydrogen-bond donors (Lipinski definition) is 3. The first-order valence-corrected chi connectivity index (χ1v) is 4.64. The van der Waals surface area contributed by atoms with Crippen molar-refractivity contribution in [1.29, 1.82) is 0 Å². The van der Waals surface area contributed by atoms with Gasteiger partial charge in [-0.2, -0.15) is 0 Å². The summed E-state index contributed by atoms with van der Waals surface area (Å²) in [6.45, 7) is 3.66. The molecular formula is C9H20O3. The van der Waals surface area contributed by atoms with Crippen LogP contribution in [0.15, 0.2) is 0 Å². The molecule has 0 aliphatic rings. The van der Waals surface area contributed by atoms with Crippen molar-refractivity contribution in [3.05, 3.63) is 0 Å². The summed E-state index contributed by atoms with van der Waals surface area (Å²) >= 11 is 0. The third kappa shape index (κ3) is 3.52. The Balaban J connectivity index is 3.94. The molecule has 3 N–H and O–H groups in total. The van der Waals surface area contributed by atoms with Gasteiger partial charge >= 0.3 is 0 Å². The Bertz CT molecular complexity index is 106. The minimum absolute atomic E-state index is 0.143. The molecule has 0 rings (SSSR count). The van der Waals surface area contributed by atoms with E-state index in [1.807, 2.05) is 13.8 Å². The average Bonchev–Trinajstić information content (AvgIpc) is 2.06. The Morgan fingerprint density at radius 3 is 2.00 bits per heavy atom. The second kappa shape index (κ2) is 6.40. The lowest BCUT2D eigenvalue weighted by molar-refractivity contribution is -0.0211. The molecule has 0 aromatic rings. The zero-order valence-corrected chi connectivity index (χ0v) is 7.90. The van der Waals surface area contributed by atoms with Gasteiger partial charge in [-0.3, -0.25) is 0 Å². The van der Waals surface area contributed by atoms with E-state index in [2.05, 4.69) is 0 Å². The molecular weight excluding hydrogens is 156 g/mol. The zero-order chi connectivity index (χ0) is 9.56. The fourth-order valence-electron chi connectivity index (χ4n) is 1.31. The Kier molecular flexibility index (Phi) is 6.34. The predicted octanol–water partition coefficient (Wildman–Crippen LogP) is 0.527. The molecule has 0 saturated carbocycles. The maximum Gasteiger partial charge on any atom is 0.0615 e. The molecule has 3 unspecified atom stereocenters. The van der Waals surface area contributed by atoms with Gasteiger partial charge in [0.2, 0.25) is 0 Å². The summed E-state index contributed by atoms with van der Waals surface area (Å²) in [7, 11) is 0. The third-order valence-corrected chi connectivity index (χ3v) is 2.20. The van der Waals surface area contributed by atoms with Gasteiger partial charge in [-0.05, 0) is 12.8 Å². The monoisotopic (exact) mass is 176 g/mol. The van der Waals surface area contributed by atoms with Crippen molar-refractivity contribution < 1.29 is 15.3 Å². The van der Waals surface area contributed by atoms with Crippen LogP contribution in [0.3, 0.4) is 0 Å². The van der Waals surface area contributed by atoms with Crippen LogP contribution in [-0.2, 0) is 0 Å². The number of aliphatic hydroxyl groups is 3. The zero-order valence-electron chi connectivity index (χ0n) is 7.90. The summed E-state index contributed by atoms with van der Waals surface area (Å²) < 4.78 is 0. The van der Waals surface area contributed by atoms with Crippen LogP contribution >= 0.6 is 0 Å². The summed E-state index contributed by atoms with van der Waals surface area (Å²) in [6, 6.07) is 0. The molecule has 0 aliphatic heterocycles. The first kappa shape index (κ1) is 11.9. The smallest absolute Gasteiger partial charge is 0.0615 e. The van der Waals surface area contributed by atoms with Gasteiger partial charge in [0.15, 0.2) is 0 Å². The van der Waals surface area contributed by atoms with Gasteiger partial charge in [0.1, 0.15) is 0 Å². The maximum absolute atomic E-state index is 9.49. The molecule has 0 amide bonds. The van der Waals surface area contributed by atoms with E-state index in [0.717, 1.165) is 6.42 Å². The average molecular weight is 176 g/mol. The SMILES string of the molecule is CCCC(O)C(CO)C(O)CC. The Hall–Kier alpha value is -0.120.